The van der Waals surface area contributed by atoms with Crippen molar-refractivity contribution in [3.05, 3.63) is 44.5 Å². The molecular weight excluding hydrogens is 240 g/mol. The second-order valence-corrected chi connectivity index (χ2v) is 4.29. The third kappa shape index (κ3) is 2.56. The Bertz CT molecular complexity index is 541. The minimum absolute atomic E-state index is 0.158. The van der Waals surface area contributed by atoms with Gasteiger partial charge in [0, 0.05) is 4.88 Å². The van der Waals surface area contributed by atoms with Crippen LogP contribution >= 0.6 is 11.3 Å². The zero-order valence-corrected chi connectivity index (χ0v) is 9.90. The van der Waals surface area contributed by atoms with Crippen molar-refractivity contribution >= 4 is 22.8 Å². The summed E-state index contributed by atoms with van der Waals surface area (Å²) in [7, 11) is 0. The van der Waals surface area contributed by atoms with E-state index in [2.05, 4.69) is 15.3 Å². The van der Waals surface area contributed by atoms with Crippen LogP contribution in [0.5, 0.6) is 0 Å². The first-order valence-electron chi connectivity index (χ1n) is 4.90. The SMILES string of the molecule is Cc1ncsc1CNc1cccnc1[N+](=O)[O-]. The Morgan fingerprint density at radius 3 is 3.00 bits per heavy atom. The number of rotatable bonds is 4. The summed E-state index contributed by atoms with van der Waals surface area (Å²) in [5, 5.41) is 13.7. The lowest BCUT2D eigenvalue weighted by molar-refractivity contribution is -0.388. The Balaban J connectivity index is 2.14. The first-order chi connectivity index (χ1) is 8.18. The van der Waals surface area contributed by atoms with E-state index in [0.717, 1.165) is 10.6 Å². The molecule has 0 aliphatic rings. The van der Waals surface area contributed by atoms with Crippen LogP contribution in [-0.4, -0.2) is 14.9 Å². The predicted octanol–water partition coefficient (Wildman–Crippen LogP) is 2.37. The third-order valence-corrected chi connectivity index (χ3v) is 3.18. The zero-order chi connectivity index (χ0) is 12.3. The molecule has 0 unspecified atom stereocenters. The van der Waals surface area contributed by atoms with Gasteiger partial charge in [0.05, 0.1) is 17.7 Å². The molecule has 2 rings (SSSR count). The highest BCUT2D eigenvalue weighted by molar-refractivity contribution is 7.09. The lowest BCUT2D eigenvalue weighted by Gasteiger charge is -2.05. The van der Waals surface area contributed by atoms with Crippen LogP contribution in [-0.2, 0) is 6.54 Å². The van der Waals surface area contributed by atoms with E-state index >= 15 is 0 Å². The fourth-order valence-electron chi connectivity index (χ4n) is 1.35. The number of aryl methyl sites for hydroxylation is 1. The minimum atomic E-state index is -0.498. The smallest absolute Gasteiger partial charge is 0.373 e. The molecule has 0 bridgehead atoms. The van der Waals surface area contributed by atoms with Gasteiger partial charge in [0.2, 0.25) is 0 Å². The molecule has 6 nitrogen and oxygen atoms in total. The van der Waals surface area contributed by atoms with Gasteiger partial charge >= 0.3 is 5.82 Å². The van der Waals surface area contributed by atoms with E-state index in [-0.39, 0.29) is 5.82 Å². The second-order valence-electron chi connectivity index (χ2n) is 3.35. The Morgan fingerprint density at radius 2 is 2.35 bits per heavy atom. The molecule has 2 aromatic heterocycles. The minimum Gasteiger partial charge on any atom is -0.373 e. The molecule has 7 heteroatoms. The number of aromatic nitrogens is 2. The van der Waals surface area contributed by atoms with Gasteiger partial charge in [0.25, 0.3) is 0 Å². The lowest BCUT2D eigenvalue weighted by atomic mass is 10.3. The molecule has 0 spiro atoms. The van der Waals surface area contributed by atoms with E-state index in [0.29, 0.717) is 12.2 Å². The predicted molar refractivity (Wildman–Crippen MR) is 65.1 cm³/mol. The van der Waals surface area contributed by atoms with Gasteiger partial charge < -0.3 is 15.4 Å². The highest BCUT2D eigenvalue weighted by Gasteiger charge is 2.13. The number of nitrogens with zero attached hydrogens (tertiary/aromatic N) is 3. The Morgan fingerprint density at radius 1 is 1.53 bits per heavy atom. The summed E-state index contributed by atoms with van der Waals surface area (Å²) in [6.45, 7) is 2.42. The van der Waals surface area contributed by atoms with Crippen LogP contribution in [0.4, 0.5) is 11.5 Å². The molecule has 0 aromatic carbocycles. The molecule has 0 saturated carbocycles. The molecule has 0 atom stereocenters. The fourth-order valence-corrected chi connectivity index (χ4v) is 2.07. The second kappa shape index (κ2) is 4.88. The number of nitrogens with one attached hydrogen (secondary N) is 1. The summed E-state index contributed by atoms with van der Waals surface area (Å²) in [6, 6.07) is 3.30. The van der Waals surface area contributed by atoms with Gasteiger partial charge in [-0.2, -0.15) is 0 Å². The lowest BCUT2D eigenvalue weighted by Crippen LogP contribution is -2.03. The largest absolute Gasteiger partial charge is 0.386 e. The van der Waals surface area contributed by atoms with E-state index in [9.17, 15) is 10.1 Å². The average molecular weight is 250 g/mol. The molecule has 2 heterocycles. The Hall–Kier alpha value is -2.02. The number of hydrogen-bond donors (Lipinski definition) is 1. The zero-order valence-electron chi connectivity index (χ0n) is 9.08. The van der Waals surface area contributed by atoms with Crippen LogP contribution < -0.4 is 5.32 Å². The summed E-state index contributed by atoms with van der Waals surface area (Å²) >= 11 is 1.52. The van der Waals surface area contributed by atoms with Crippen LogP contribution in [0.2, 0.25) is 0 Å². The van der Waals surface area contributed by atoms with Crippen molar-refractivity contribution in [2.75, 3.05) is 5.32 Å². The topological polar surface area (TPSA) is 81.0 Å². The average Bonchev–Trinajstić information content (AvgIpc) is 2.72. The number of nitro groups is 1. The van der Waals surface area contributed by atoms with Crippen molar-refractivity contribution in [1.29, 1.82) is 0 Å². The highest BCUT2D eigenvalue weighted by atomic mass is 32.1. The van der Waals surface area contributed by atoms with Gasteiger partial charge in [-0.1, -0.05) is 0 Å². The summed E-state index contributed by atoms with van der Waals surface area (Å²) in [6.07, 6.45) is 1.40. The molecule has 0 radical (unpaired) electrons. The normalized spacial score (nSPS) is 10.2. The summed E-state index contributed by atoms with van der Waals surface area (Å²) < 4.78 is 0. The van der Waals surface area contributed by atoms with Gasteiger partial charge in [0.1, 0.15) is 11.9 Å². The van der Waals surface area contributed by atoms with Crippen LogP contribution in [0.25, 0.3) is 0 Å². The molecule has 0 aliphatic carbocycles. The molecule has 1 N–H and O–H groups in total. The van der Waals surface area contributed by atoms with Crippen molar-refractivity contribution in [3.63, 3.8) is 0 Å². The number of thiazole rings is 1. The third-order valence-electron chi connectivity index (χ3n) is 2.24. The van der Waals surface area contributed by atoms with Gasteiger partial charge in [-0.3, -0.25) is 0 Å². The molecule has 0 aliphatic heterocycles. The molecular formula is C10H10N4O2S. The summed E-state index contributed by atoms with van der Waals surface area (Å²) in [5.74, 6) is -0.158. The van der Waals surface area contributed by atoms with E-state index in [1.54, 1.807) is 17.6 Å². The number of hydrogen-bond acceptors (Lipinski definition) is 6. The monoisotopic (exact) mass is 250 g/mol. The van der Waals surface area contributed by atoms with Crippen molar-refractivity contribution in [3.8, 4) is 0 Å². The van der Waals surface area contributed by atoms with Crippen LogP contribution in [0.1, 0.15) is 10.6 Å². The van der Waals surface area contributed by atoms with Crippen LogP contribution in [0.15, 0.2) is 23.8 Å². The van der Waals surface area contributed by atoms with E-state index in [1.807, 2.05) is 6.92 Å². The summed E-state index contributed by atoms with van der Waals surface area (Å²) in [5.41, 5.74) is 3.11. The van der Waals surface area contributed by atoms with Gasteiger partial charge in [0.15, 0.2) is 0 Å². The van der Waals surface area contributed by atoms with Crippen molar-refractivity contribution in [2.45, 2.75) is 13.5 Å². The maximum Gasteiger partial charge on any atom is 0.386 e. The Kier molecular flexibility index (Phi) is 3.29. The van der Waals surface area contributed by atoms with Crippen LogP contribution in [0, 0.1) is 17.0 Å². The molecule has 17 heavy (non-hydrogen) atoms. The first-order valence-corrected chi connectivity index (χ1v) is 5.78. The maximum atomic E-state index is 10.7. The highest BCUT2D eigenvalue weighted by Crippen LogP contribution is 2.22. The van der Waals surface area contributed by atoms with Crippen molar-refractivity contribution < 1.29 is 4.92 Å². The molecule has 88 valence electrons. The van der Waals surface area contributed by atoms with E-state index < -0.39 is 4.92 Å². The standard InChI is InChI=1S/C10H10N4O2S/c1-7-9(17-6-13-7)5-12-8-3-2-4-11-10(8)14(15)16/h2-4,6,12H,5H2,1H3. The fraction of sp³-hybridized carbons (Fsp3) is 0.200. The van der Waals surface area contributed by atoms with E-state index in [4.69, 9.17) is 0 Å². The summed E-state index contributed by atoms with van der Waals surface area (Å²) in [4.78, 5) is 19.1. The quantitative estimate of drug-likeness (QED) is 0.665. The molecule has 0 saturated heterocycles. The molecule has 0 amide bonds. The Labute approximate surface area is 102 Å². The van der Waals surface area contributed by atoms with Gasteiger partial charge in [-0.05, 0) is 29.0 Å². The maximum absolute atomic E-state index is 10.7. The van der Waals surface area contributed by atoms with Crippen molar-refractivity contribution in [1.82, 2.24) is 9.97 Å². The first kappa shape index (κ1) is 11.5. The van der Waals surface area contributed by atoms with Gasteiger partial charge in [-0.15, -0.1) is 11.3 Å². The number of pyridine rings is 1. The van der Waals surface area contributed by atoms with Crippen LogP contribution in [0.3, 0.4) is 0 Å². The van der Waals surface area contributed by atoms with E-state index in [1.165, 1.54) is 17.5 Å². The molecule has 2 aromatic rings. The van der Waals surface area contributed by atoms with Gasteiger partial charge in [-0.25, -0.2) is 4.98 Å². The number of anilines is 1. The van der Waals surface area contributed by atoms with Crippen molar-refractivity contribution in [2.24, 2.45) is 0 Å². The molecule has 0 fully saturated rings.